The number of carbonyl (C=O) groups is 4. The summed E-state index contributed by atoms with van der Waals surface area (Å²) < 4.78 is 0. The fourth-order valence-electron chi connectivity index (χ4n) is 4.47. The zero-order valence-electron chi connectivity index (χ0n) is 27.1. The van der Waals surface area contributed by atoms with Crippen molar-refractivity contribution in [2.45, 2.75) is 125 Å². The molecule has 0 aromatic heterocycles. The lowest BCUT2D eigenvalue weighted by Gasteiger charge is -2.22. The van der Waals surface area contributed by atoms with Gasteiger partial charge >= 0.3 is 11.9 Å². The number of carboxylic acids is 2. The van der Waals surface area contributed by atoms with Gasteiger partial charge < -0.3 is 32.3 Å². The molecule has 41 heavy (non-hydrogen) atoms. The molecule has 0 bridgehead atoms. The van der Waals surface area contributed by atoms with E-state index in [1.165, 1.54) is 0 Å². The van der Waals surface area contributed by atoms with Gasteiger partial charge in [0.2, 0.25) is 11.8 Å². The minimum absolute atomic E-state index is 0.0299. The van der Waals surface area contributed by atoms with Crippen molar-refractivity contribution >= 4 is 23.8 Å². The van der Waals surface area contributed by atoms with Crippen molar-refractivity contribution in [3.8, 4) is 0 Å². The Morgan fingerprint density at radius 3 is 1.61 bits per heavy atom. The van der Waals surface area contributed by atoms with Gasteiger partial charge in [-0.15, -0.1) is 0 Å². The number of nitrogens with two attached hydrogens (primary N) is 2. The van der Waals surface area contributed by atoms with Gasteiger partial charge in [-0.1, -0.05) is 87.5 Å². The molecule has 0 aliphatic carbocycles. The van der Waals surface area contributed by atoms with E-state index in [1.807, 2.05) is 27.7 Å². The normalized spacial score (nSPS) is 15.6. The first-order chi connectivity index (χ1) is 19.1. The van der Waals surface area contributed by atoms with Crippen molar-refractivity contribution in [1.82, 2.24) is 10.6 Å². The molecule has 0 saturated carbocycles. The molecule has 0 fully saturated rings. The van der Waals surface area contributed by atoms with Gasteiger partial charge in [0.1, 0.15) is 0 Å². The third-order valence-electron chi connectivity index (χ3n) is 7.52. The Morgan fingerprint density at radius 1 is 0.683 bits per heavy atom. The maximum Gasteiger partial charge on any atom is 0.308 e. The number of unbranched alkanes of at least 4 members (excludes halogenated alkanes) is 1. The minimum atomic E-state index is -0.855. The van der Waals surface area contributed by atoms with Crippen LogP contribution >= 0.6 is 0 Å². The number of hydrogen-bond acceptors (Lipinski definition) is 6. The number of amides is 2. The number of hydrogen-bond donors (Lipinski definition) is 6. The molecule has 0 saturated heterocycles. The molecular formula is C31H62N4O6. The second-order valence-corrected chi connectivity index (χ2v) is 12.5. The summed E-state index contributed by atoms with van der Waals surface area (Å²) in [6.45, 7) is 16.6. The second-order valence-electron chi connectivity index (χ2n) is 12.5. The van der Waals surface area contributed by atoms with Gasteiger partial charge in [0.05, 0.1) is 18.0 Å². The van der Waals surface area contributed by atoms with Gasteiger partial charge in [-0.2, -0.15) is 0 Å². The van der Waals surface area contributed by atoms with E-state index < -0.39 is 29.9 Å². The van der Waals surface area contributed by atoms with E-state index in [2.05, 4.69) is 38.3 Å². The predicted molar refractivity (Wildman–Crippen MR) is 165 cm³/mol. The van der Waals surface area contributed by atoms with Gasteiger partial charge in [0.25, 0.3) is 0 Å². The van der Waals surface area contributed by atoms with E-state index in [1.54, 1.807) is 0 Å². The van der Waals surface area contributed by atoms with Crippen LogP contribution in [0.25, 0.3) is 0 Å². The maximum atomic E-state index is 11.8. The SMILES string of the molecule is CCCC[C@@H](C)C[C@H](CNC(=O)[C@@H](N)C(C)C)CC(=O)O.CCC[C@@H](C)CCC(CNC(=O)[C@@H](N)C(C)C)C(=O)O. The largest absolute Gasteiger partial charge is 0.481 e. The average Bonchev–Trinajstić information content (AvgIpc) is 2.88. The molecule has 10 heteroatoms. The van der Waals surface area contributed by atoms with Gasteiger partial charge in [-0.25, -0.2) is 0 Å². The number of nitrogens with one attached hydrogen (secondary N) is 2. The summed E-state index contributed by atoms with van der Waals surface area (Å²) in [5.74, 6) is -1.57. The highest BCUT2D eigenvalue weighted by molar-refractivity contribution is 5.82. The lowest BCUT2D eigenvalue weighted by molar-refractivity contribution is -0.142. The highest BCUT2D eigenvalue weighted by atomic mass is 16.4. The van der Waals surface area contributed by atoms with Crippen LogP contribution in [0.4, 0.5) is 0 Å². The van der Waals surface area contributed by atoms with Crippen LogP contribution in [0.3, 0.4) is 0 Å². The van der Waals surface area contributed by atoms with Crippen molar-refractivity contribution in [2.75, 3.05) is 13.1 Å². The molecule has 0 radical (unpaired) electrons. The van der Waals surface area contributed by atoms with Crippen molar-refractivity contribution in [1.29, 1.82) is 0 Å². The monoisotopic (exact) mass is 586 g/mol. The molecule has 0 spiro atoms. The first kappa shape index (κ1) is 40.9. The smallest absolute Gasteiger partial charge is 0.308 e. The van der Waals surface area contributed by atoms with Gasteiger partial charge in [-0.05, 0) is 48.9 Å². The second kappa shape index (κ2) is 23.4. The van der Waals surface area contributed by atoms with Crippen LogP contribution < -0.4 is 22.1 Å². The quantitative estimate of drug-likeness (QED) is 0.114. The van der Waals surface area contributed by atoms with Crippen molar-refractivity contribution < 1.29 is 29.4 Å². The molecule has 8 N–H and O–H groups in total. The third kappa shape index (κ3) is 21.2. The Kier molecular flexibility index (Phi) is 23.3. The van der Waals surface area contributed by atoms with Crippen molar-refractivity contribution in [3.63, 3.8) is 0 Å². The number of rotatable bonds is 21. The van der Waals surface area contributed by atoms with Crippen LogP contribution in [-0.4, -0.2) is 59.1 Å². The zero-order valence-corrected chi connectivity index (χ0v) is 27.1. The molecule has 6 atom stereocenters. The molecule has 0 aromatic rings. The zero-order chi connectivity index (χ0) is 32.1. The number of carbonyl (C=O) groups excluding carboxylic acids is 2. The van der Waals surface area contributed by atoms with E-state index in [9.17, 15) is 24.3 Å². The van der Waals surface area contributed by atoms with Crippen LogP contribution in [0.2, 0.25) is 0 Å². The molecule has 10 nitrogen and oxygen atoms in total. The Balaban J connectivity index is 0. The predicted octanol–water partition coefficient (Wildman–Crippen LogP) is 4.40. The van der Waals surface area contributed by atoms with Crippen molar-refractivity contribution in [3.05, 3.63) is 0 Å². The molecule has 0 heterocycles. The lowest BCUT2D eigenvalue weighted by atomic mass is 9.89. The van der Waals surface area contributed by atoms with Crippen LogP contribution in [0, 0.1) is 35.5 Å². The summed E-state index contributed by atoms with van der Waals surface area (Å²) in [4.78, 5) is 45.7. The molecule has 0 rings (SSSR count). The maximum absolute atomic E-state index is 11.8. The lowest BCUT2D eigenvalue weighted by Crippen LogP contribution is -2.46. The van der Waals surface area contributed by atoms with E-state index in [4.69, 9.17) is 16.6 Å². The van der Waals surface area contributed by atoms with Gasteiger partial charge in [0, 0.05) is 19.5 Å². The Labute approximate surface area is 249 Å². The molecular weight excluding hydrogens is 524 g/mol. The highest BCUT2D eigenvalue weighted by Gasteiger charge is 2.23. The summed E-state index contributed by atoms with van der Waals surface area (Å²) in [5, 5.41) is 23.7. The van der Waals surface area contributed by atoms with Crippen molar-refractivity contribution in [2.24, 2.45) is 47.0 Å². The van der Waals surface area contributed by atoms with E-state index in [-0.39, 0.29) is 42.5 Å². The topological polar surface area (TPSA) is 185 Å². The summed E-state index contributed by atoms with van der Waals surface area (Å²) in [6, 6.07) is -1.11. The summed E-state index contributed by atoms with van der Waals surface area (Å²) >= 11 is 0. The van der Waals surface area contributed by atoms with Crippen LogP contribution in [0.5, 0.6) is 0 Å². The molecule has 0 aliphatic rings. The van der Waals surface area contributed by atoms with Crippen LogP contribution in [-0.2, 0) is 19.2 Å². The Bertz CT molecular complexity index is 746. The van der Waals surface area contributed by atoms with E-state index in [0.29, 0.717) is 24.8 Å². The fourth-order valence-corrected chi connectivity index (χ4v) is 4.47. The van der Waals surface area contributed by atoms with Gasteiger partial charge in [0.15, 0.2) is 0 Å². The summed E-state index contributed by atoms with van der Waals surface area (Å²) in [7, 11) is 0. The number of aliphatic carboxylic acids is 2. The van der Waals surface area contributed by atoms with E-state index >= 15 is 0 Å². The molecule has 2 amide bonds. The minimum Gasteiger partial charge on any atom is -0.481 e. The molecule has 242 valence electrons. The van der Waals surface area contributed by atoms with E-state index in [0.717, 1.165) is 44.9 Å². The molecule has 1 unspecified atom stereocenters. The van der Waals surface area contributed by atoms with Crippen LogP contribution in [0.1, 0.15) is 113 Å². The average molecular weight is 587 g/mol. The fraction of sp³-hybridized carbons (Fsp3) is 0.871. The molecule has 0 aromatic carbocycles. The van der Waals surface area contributed by atoms with Gasteiger partial charge in [-0.3, -0.25) is 19.2 Å². The molecule has 0 aliphatic heterocycles. The Morgan fingerprint density at radius 2 is 1.20 bits per heavy atom. The third-order valence-corrected chi connectivity index (χ3v) is 7.52. The first-order valence-corrected chi connectivity index (χ1v) is 15.6. The summed E-state index contributed by atoms with van der Waals surface area (Å²) in [6.07, 6.45) is 8.00. The highest BCUT2D eigenvalue weighted by Crippen LogP contribution is 2.20. The standard InChI is InChI=1S/C16H32N2O3.C15H30N2O3/c1-5-6-7-12(4)8-13(9-14(19)20)10-18-16(21)15(17)11(2)3;1-5-6-11(4)7-8-12(15(19)20)9-17-14(18)13(16)10(2)3/h11-13,15H,5-10,17H2,1-4H3,(H,18,21)(H,19,20);10-13H,5-9,16H2,1-4H3,(H,17,18)(H,19,20)/t12-,13+,15+;11-,12?,13+/m11/s1. The number of carboxylic acid groups (broad SMARTS) is 2. The summed E-state index contributed by atoms with van der Waals surface area (Å²) in [5.41, 5.74) is 11.5. The Hall–Kier alpha value is -2.20. The first-order valence-electron chi connectivity index (χ1n) is 15.6. The van der Waals surface area contributed by atoms with Crippen LogP contribution in [0.15, 0.2) is 0 Å².